The number of rotatable bonds is 33. The summed E-state index contributed by atoms with van der Waals surface area (Å²) in [4.78, 5) is 4.84. The van der Waals surface area contributed by atoms with Crippen LogP contribution >= 0.6 is 0 Å². The van der Waals surface area contributed by atoms with Gasteiger partial charge >= 0.3 is 0 Å². The summed E-state index contributed by atoms with van der Waals surface area (Å²) in [7, 11) is 6.89. The Balaban J connectivity index is 0.880. The van der Waals surface area contributed by atoms with E-state index in [4.69, 9.17) is 37.9 Å². The van der Waals surface area contributed by atoms with Gasteiger partial charge in [0.1, 0.15) is 0 Å². The maximum atomic E-state index is 6.42. The van der Waals surface area contributed by atoms with Crippen LogP contribution in [0.15, 0.2) is 273 Å². The van der Waals surface area contributed by atoms with Crippen molar-refractivity contribution in [3.63, 3.8) is 0 Å². The smallest absolute Gasteiger partial charge is 0.0700 e. The zero-order valence-corrected chi connectivity index (χ0v) is 59.4. The first kappa shape index (κ1) is 68.7. The third-order valence-electron chi connectivity index (χ3n) is 21.1. The van der Waals surface area contributed by atoms with Crippen molar-refractivity contribution in [3.8, 4) is 50.2 Å². The molecular weight excluding hydrogens is 1280 g/mol. The van der Waals surface area contributed by atoms with Crippen molar-refractivity contribution in [2.45, 2.75) is 36.5 Å². The van der Waals surface area contributed by atoms with E-state index in [1.165, 1.54) is 66.1 Å². The number of hydrogen-bond donors (Lipinski definition) is 0. The summed E-state index contributed by atoms with van der Waals surface area (Å²) in [5, 5.41) is 4.78. The van der Waals surface area contributed by atoms with Gasteiger partial charge in [0.05, 0.1) is 63.9 Å². The fourth-order valence-corrected chi connectivity index (χ4v) is 16.2. The second kappa shape index (κ2) is 31.7. The maximum Gasteiger partial charge on any atom is 0.0700 e. The van der Waals surface area contributed by atoms with Crippen LogP contribution in [0.25, 0.3) is 82.8 Å². The zero-order valence-electron chi connectivity index (χ0n) is 59.4. The molecule has 520 valence electrons. The van der Waals surface area contributed by atoms with Gasteiger partial charge in [0.25, 0.3) is 0 Å². The largest absolute Gasteiger partial charge is 0.382 e. The summed E-state index contributed by atoms with van der Waals surface area (Å²) >= 11 is 0. The molecular formula is C92H89N3O8. The summed E-state index contributed by atoms with van der Waals surface area (Å²) in [5.74, 6) is 0. The number of para-hydroxylation sites is 2. The molecule has 2 aliphatic rings. The van der Waals surface area contributed by atoms with Gasteiger partial charge in [-0.3, -0.25) is 0 Å². The molecule has 11 nitrogen and oxygen atoms in total. The van der Waals surface area contributed by atoms with Crippen LogP contribution in [-0.4, -0.2) is 112 Å². The monoisotopic (exact) mass is 1360 g/mol. The standard InChI is InChI=1S/C92H89N3O8/c1-96-53-57-100-49-45-91(46-50-101-58-54-97-2)85-28-16-13-25-78(85)80-42-39-75(64-87(80)91)94(76-40-43-81-79-26-14-17-29-86(79)92(88(81)65-76,47-51-102-59-55-98-3)48-52-103-60-56-99-4)74-38-41-77(83(63-74)67-20-7-5-8-21-67)69-32-44-90-84(62-69)82-27-15-18-30-89(82)95(90)72-36-34-71(35-37-72)93(70-23-9-6-10-24-70)73-33-31-66-19-11-12-22-68(66)61-73/h5-44,61-65H,45-60H2,1-4H3. The van der Waals surface area contributed by atoms with Crippen LogP contribution in [0.5, 0.6) is 0 Å². The third-order valence-corrected chi connectivity index (χ3v) is 21.1. The fraction of sp³-hybridized carbons (Fsp3) is 0.239. The Morgan fingerprint density at radius 1 is 0.262 bits per heavy atom. The van der Waals surface area contributed by atoms with Crippen molar-refractivity contribution in [2.75, 3.05) is 118 Å². The SMILES string of the molecule is COCCOCCC1(CCOCCOC)c2ccccc2-c2ccc(N(c3ccc(-c4ccc5c(c4)c4ccccc4n5-c4ccc(N(c5ccccc5)c5ccc6ccccc6c5)cc4)c(-c4ccccc4)c3)c3ccc4c(c3)C(CCOCCOC)(CCOCCOC)c3ccccc3-4)cc21. The quantitative estimate of drug-likeness (QED) is 0.0371. The third kappa shape index (κ3) is 13.7. The van der Waals surface area contributed by atoms with Crippen molar-refractivity contribution < 1.29 is 37.9 Å². The Bertz CT molecular complexity index is 4890. The number of fused-ring (bicyclic) bond motifs is 10. The molecule has 0 saturated carbocycles. The minimum absolute atomic E-state index is 0.444. The van der Waals surface area contributed by atoms with E-state index < -0.39 is 10.8 Å². The van der Waals surface area contributed by atoms with Gasteiger partial charge in [-0.1, -0.05) is 170 Å². The normalized spacial score (nSPS) is 13.2. The van der Waals surface area contributed by atoms with Crippen LogP contribution in [0, 0.1) is 0 Å². The van der Waals surface area contributed by atoms with Crippen LogP contribution in [0.3, 0.4) is 0 Å². The van der Waals surface area contributed by atoms with Gasteiger partial charge in [0.2, 0.25) is 0 Å². The van der Waals surface area contributed by atoms with Crippen molar-refractivity contribution >= 4 is 66.7 Å². The topological polar surface area (TPSA) is 85.3 Å². The summed E-state index contributed by atoms with van der Waals surface area (Å²) in [6, 6.07) is 101. The summed E-state index contributed by atoms with van der Waals surface area (Å²) in [6.07, 6.45) is 2.99. The Labute approximate surface area is 605 Å². The summed E-state index contributed by atoms with van der Waals surface area (Å²) in [5.41, 5.74) is 23.3. The van der Waals surface area contributed by atoms with Gasteiger partial charge in [-0.15, -0.1) is 0 Å². The number of hydrogen-bond acceptors (Lipinski definition) is 10. The highest BCUT2D eigenvalue weighted by atomic mass is 16.5. The highest BCUT2D eigenvalue weighted by molar-refractivity contribution is 6.11. The first-order valence-electron chi connectivity index (χ1n) is 36.2. The predicted molar refractivity (Wildman–Crippen MR) is 420 cm³/mol. The fourth-order valence-electron chi connectivity index (χ4n) is 16.2. The van der Waals surface area contributed by atoms with E-state index in [1.54, 1.807) is 28.4 Å². The van der Waals surface area contributed by atoms with E-state index >= 15 is 0 Å². The second-order valence-corrected chi connectivity index (χ2v) is 26.9. The zero-order chi connectivity index (χ0) is 70.0. The number of aromatic nitrogens is 1. The first-order chi connectivity index (χ1) is 50.9. The molecule has 0 bridgehead atoms. The highest BCUT2D eigenvalue weighted by Crippen LogP contribution is 2.57. The number of methoxy groups -OCH3 is 4. The van der Waals surface area contributed by atoms with Crippen LogP contribution in [0.4, 0.5) is 34.1 Å². The molecule has 0 aliphatic heterocycles. The lowest BCUT2D eigenvalue weighted by molar-refractivity contribution is 0.0490. The minimum atomic E-state index is -0.444. The Morgan fingerprint density at radius 3 is 1.24 bits per heavy atom. The van der Waals surface area contributed by atoms with E-state index in [2.05, 4.69) is 287 Å². The van der Waals surface area contributed by atoms with Gasteiger partial charge in [-0.05, 0) is 206 Å². The number of ether oxygens (including phenoxy) is 8. The van der Waals surface area contributed by atoms with Crippen LogP contribution in [0.1, 0.15) is 47.9 Å². The predicted octanol–water partition coefficient (Wildman–Crippen LogP) is 21.0. The second-order valence-electron chi connectivity index (χ2n) is 26.9. The lowest BCUT2D eigenvalue weighted by Crippen LogP contribution is -2.30. The van der Waals surface area contributed by atoms with E-state index in [0.29, 0.717) is 79.3 Å². The summed E-state index contributed by atoms with van der Waals surface area (Å²) < 4.78 is 50.0. The van der Waals surface area contributed by atoms with E-state index in [-0.39, 0.29) is 0 Å². The van der Waals surface area contributed by atoms with E-state index in [0.717, 1.165) is 98.8 Å². The molecule has 11 heteroatoms. The van der Waals surface area contributed by atoms with Gasteiger partial charge < -0.3 is 52.3 Å². The maximum absolute atomic E-state index is 6.42. The van der Waals surface area contributed by atoms with E-state index in [1.807, 2.05) is 0 Å². The molecule has 15 rings (SSSR count). The van der Waals surface area contributed by atoms with Crippen LogP contribution in [-0.2, 0) is 48.7 Å². The number of anilines is 6. The van der Waals surface area contributed by atoms with Gasteiger partial charge in [-0.2, -0.15) is 0 Å². The van der Waals surface area contributed by atoms with Crippen LogP contribution < -0.4 is 9.80 Å². The Morgan fingerprint density at radius 2 is 0.680 bits per heavy atom. The molecule has 2 aliphatic carbocycles. The Hall–Kier alpha value is -10.0. The molecule has 0 amide bonds. The Kier molecular flexibility index (Phi) is 21.2. The summed E-state index contributed by atoms with van der Waals surface area (Å²) in [6.45, 7) is 6.32. The molecule has 0 radical (unpaired) electrons. The minimum Gasteiger partial charge on any atom is -0.382 e. The number of benzene rings is 12. The average molecular weight is 1360 g/mol. The van der Waals surface area contributed by atoms with Crippen molar-refractivity contribution in [1.29, 1.82) is 0 Å². The van der Waals surface area contributed by atoms with Crippen molar-refractivity contribution in [1.82, 2.24) is 4.57 Å². The van der Waals surface area contributed by atoms with Crippen molar-refractivity contribution in [3.05, 3.63) is 295 Å². The molecule has 1 heterocycles. The van der Waals surface area contributed by atoms with Crippen LogP contribution in [0.2, 0.25) is 0 Å². The van der Waals surface area contributed by atoms with Gasteiger partial charge in [-0.25, -0.2) is 0 Å². The first-order valence-corrected chi connectivity index (χ1v) is 36.2. The number of nitrogens with zero attached hydrogens (tertiary/aromatic N) is 3. The molecule has 12 aromatic carbocycles. The van der Waals surface area contributed by atoms with E-state index in [9.17, 15) is 0 Å². The average Bonchev–Trinajstić information content (AvgIpc) is 1.59. The van der Waals surface area contributed by atoms with Crippen molar-refractivity contribution in [2.24, 2.45) is 0 Å². The lowest BCUT2D eigenvalue weighted by atomic mass is 9.73. The molecule has 103 heavy (non-hydrogen) atoms. The molecule has 13 aromatic rings. The molecule has 0 N–H and O–H groups in total. The molecule has 0 saturated heterocycles. The highest BCUT2D eigenvalue weighted by Gasteiger charge is 2.45. The molecule has 0 unspecified atom stereocenters. The van der Waals surface area contributed by atoms with Gasteiger partial charge in [0, 0.05) is 116 Å². The molecule has 0 spiro atoms. The molecule has 0 fully saturated rings. The molecule has 0 atom stereocenters. The lowest BCUT2D eigenvalue weighted by Gasteiger charge is -2.35. The molecule has 1 aromatic heterocycles. The van der Waals surface area contributed by atoms with Gasteiger partial charge in [0.15, 0.2) is 0 Å².